The molecular formula is C25H30O7. The topological polar surface area (TPSA) is 76.4 Å². The Balaban J connectivity index is 2.29. The number of fused-ring (bicyclic) bond motifs is 1. The van der Waals surface area contributed by atoms with Gasteiger partial charge in [0.25, 0.3) is 0 Å². The second kappa shape index (κ2) is 10.8. The molecule has 0 aliphatic rings. The third kappa shape index (κ3) is 4.77. The summed E-state index contributed by atoms with van der Waals surface area (Å²) in [6, 6.07) is 8.80. The van der Waals surface area contributed by atoms with Gasteiger partial charge in [-0.3, -0.25) is 4.79 Å². The van der Waals surface area contributed by atoms with Crippen LogP contribution >= 0.6 is 0 Å². The first-order chi connectivity index (χ1) is 15.6. The molecule has 0 saturated heterocycles. The molecule has 3 aromatic rings. The molecule has 0 aliphatic carbocycles. The first-order valence-corrected chi connectivity index (χ1v) is 11.0. The fourth-order valence-corrected chi connectivity index (χ4v) is 3.42. The lowest BCUT2D eigenvalue weighted by molar-refractivity contribution is 0.288. The smallest absolute Gasteiger partial charge is 0.239 e. The van der Waals surface area contributed by atoms with Crippen molar-refractivity contribution < 1.29 is 28.1 Å². The van der Waals surface area contributed by atoms with Crippen LogP contribution in [0.5, 0.6) is 28.7 Å². The summed E-state index contributed by atoms with van der Waals surface area (Å²) in [7, 11) is 0. The van der Waals surface area contributed by atoms with E-state index in [0.29, 0.717) is 78.3 Å². The van der Waals surface area contributed by atoms with Crippen molar-refractivity contribution in [3.8, 4) is 40.1 Å². The van der Waals surface area contributed by atoms with Crippen LogP contribution in [0.4, 0.5) is 0 Å². The molecule has 172 valence electrons. The average Bonchev–Trinajstić information content (AvgIpc) is 2.77. The number of benzene rings is 2. The Labute approximate surface area is 187 Å². The summed E-state index contributed by atoms with van der Waals surface area (Å²) in [4.78, 5) is 13.5. The van der Waals surface area contributed by atoms with Gasteiger partial charge in [0.1, 0.15) is 22.5 Å². The van der Waals surface area contributed by atoms with E-state index in [-0.39, 0.29) is 11.2 Å². The molecule has 0 radical (unpaired) electrons. The molecule has 0 aliphatic heterocycles. The van der Waals surface area contributed by atoms with Gasteiger partial charge in [0.05, 0.1) is 33.0 Å². The quantitative estimate of drug-likeness (QED) is 0.391. The van der Waals surface area contributed by atoms with Crippen molar-refractivity contribution in [2.45, 2.75) is 34.6 Å². The van der Waals surface area contributed by atoms with Crippen molar-refractivity contribution in [1.82, 2.24) is 0 Å². The fraction of sp³-hybridized carbons (Fsp3) is 0.400. The third-order valence-electron chi connectivity index (χ3n) is 4.60. The van der Waals surface area contributed by atoms with Crippen molar-refractivity contribution in [3.05, 3.63) is 40.6 Å². The SMILES string of the molecule is CCOc1cc(OCC)c2c(=O)c(OCC)c(-c3ccc(OCC)c(OCC)c3)oc2c1. The van der Waals surface area contributed by atoms with E-state index in [2.05, 4.69) is 0 Å². The maximum absolute atomic E-state index is 13.5. The molecule has 0 saturated carbocycles. The number of rotatable bonds is 11. The van der Waals surface area contributed by atoms with E-state index in [1.165, 1.54) is 0 Å². The second-order valence-electron chi connectivity index (χ2n) is 6.71. The molecule has 0 bridgehead atoms. The summed E-state index contributed by atoms with van der Waals surface area (Å²) in [6.45, 7) is 11.5. The number of ether oxygens (including phenoxy) is 5. The Bertz CT molecular complexity index is 1120. The molecule has 0 fully saturated rings. The van der Waals surface area contributed by atoms with Crippen molar-refractivity contribution >= 4 is 11.0 Å². The highest BCUT2D eigenvalue weighted by molar-refractivity contribution is 5.88. The predicted molar refractivity (Wildman–Crippen MR) is 124 cm³/mol. The highest BCUT2D eigenvalue weighted by atomic mass is 16.5. The van der Waals surface area contributed by atoms with Gasteiger partial charge < -0.3 is 28.1 Å². The third-order valence-corrected chi connectivity index (χ3v) is 4.60. The Morgan fingerprint density at radius 1 is 0.688 bits per heavy atom. The van der Waals surface area contributed by atoms with E-state index in [1.807, 2.05) is 40.7 Å². The lowest BCUT2D eigenvalue weighted by Gasteiger charge is -2.16. The van der Waals surface area contributed by atoms with E-state index >= 15 is 0 Å². The van der Waals surface area contributed by atoms with Crippen LogP contribution in [0.1, 0.15) is 34.6 Å². The molecule has 2 aromatic carbocycles. The molecule has 1 aromatic heterocycles. The predicted octanol–water partition coefficient (Wildman–Crippen LogP) is 5.45. The van der Waals surface area contributed by atoms with Gasteiger partial charge in [-0.15, -0.1) is 0 Å². The normalized spacial score (nSPS) is 10.8. The number of hydrogen-bond acceptors (Lipinski definition) is 7. The van der Waals surface area contributed by atoms with E-state index in [4.69, 9.17) is 28.1 Å². The molecule has 0 amide bonds. The zero-order valence-electron chi connectivity index (χ0n) is 19.3. The summed E-state index contributed by atoms with van der Waals surface area (Å²) < 4.78 is 34.8. The van der Waals surface area contributed by atoms with Gasteiger partial charge in [0.15, 0.2) is 17.3 Å². The Hall–Kier alpha value is -3.35. The van der Waals surface area contributed by atoms with E-state index in [9.17, 15) is 4.79 Å². The standard InChI is InChI=1S/C25H30O7/c1-6-27-17-14-20(30-9-4)22-21(15-17)32-24(25(23(22)26)31-10-5)16-11-12-18(28-7-2)19(13-16)29-8-3/h11-15H,6-10H2,1-5H3. The second-order valence-corrected chi connectivity index (χ2v) is 6.71. The number of hydrogen-bond donors (Lipinski definition) is 0. The van der Waals surface area contributed by atoms with E-state index < -0.39 is 0 Å². The highest BCUT2D eigenvalue weighted by Gasteiger charge is 2.22. The summed E-state index contributed by atoms with van der Waals surface area (Å²) in [5.41, 5.74) is 0.690. The van der Waals surface area contributed by atoms with Crippen LogP contribution in [0, 0.1) is 0 Å². The fourth-order valence-electron chi connectivity index (χ4n) is 3.42. The first-order valence-electron chi connectivity index (χ1n) is 11.0. The summed E-state index contributed by atoms with van der Waals surface area (Å²) in [5.74, 6) is 2.58. The van der Waals surface area contributed by atoms with Gasteiger partial charge in [0, 0.05) is 17.7 Å². The summed E-state index contributed by atoms with van der Waals surface area (Å²) in [5, 5.41) is 0.318. The van der Waals surface area contributed by atoms with Crippen LogP contribution in [0.15, 0.2) is 39.5 Å². The van der Waals surface area contributed by atoms with Gasteiger partial charge in [0.2, 0.25) is 11.2 Å². The molecule has 0 unspecified atom stereocenters. The minimum Gasteiger partial charge on any atom is -0.494 e. The molecule has 32 heavy (non-hydrogen) atoms. The lowest BCUT2D eigenvalue weighted by Crippen LogP contribution is -2.11. The summed E-state index contributed by atoms with van der Waals surface area (Å²) in [6.07, 6.45) is 0. The van der Waals surface area contributed by atoms with Gasteiger partial charge >= 0.3 is 0 Å². The van der Waals surface area contributed by atoms with Gasteiger partial charge in [-0.25, -0.2) is 0 Å². The van der Waals surface area contributed by atoms with Crippen molar-refractivity contribution in [2.24, 2.45) is 0 Å². The van der Waals surface area contributed by atoms with Gasteiger partial charge in [-0.1, -0.05) is 0 Å². The highest BCUT2D eigenvalue weighted by Crippen LogP contribution is 2.39. The van der Waals surface area contributed by atoms with Crippen molar-refractivity contribution in [2.75, 3.05) is 33.0 Å². The average molecular weight is 443 g/mol. The van der Waals surface area contributed by atoms with Crippen molar-refractivity contribution in [3.63, 3.8) is 0 Å². The summed E-state index contributed by atoms with van der Waals surface area (Å²) >= 11 is 0. The lowest BCUT2D eigenvalue weighted by atomic mass is 10.1. The Kier molecular flexibility index (Phi) is 7.87. The van der Waals surface area contributed by atoms with Crippen LogP contribution in [-0.4, -0.2) is 33.0 Å². The Morgan fingerprint density at radius 3 is 1.97 bits per heavy atom. The molecular weight excluding hydrogens is 412 g/mol. The van der Waals surface area contributed by atoms with E-state index in [0.717, 1.165) is 0 Å². The van der Waals surface area contributed by atoms with Crippen LogP contribution in [0.25, 0.3) is 22.3 Å². The molecule has 1 heterocycles. The van der Waals surface area contributed by atoms with Gasteiger partial charge in [-0.05, 0) is 52.8 Å². The molecule has 0 N–H and O–H groups in total. The molecule has 0 atom stereocenters. The minimum absolute atomic E-state index is 0.122. The monoisotopic (exact) mass is 442 g/mol. The zero-order chi connectivity index (χ0) is 23.1. The van der Waals surface area contributed by atoms with Crippen LogP contribution in [-0.2, 0) is 0 Å². The van der Waals surface area contributed by atoms with Crippen LogP contribution in [0.3, 0.4) is 0 Å². The first kappa shape index (κ1) is 23.3. The van der Waals surface area contributed by atoms with Gasteiger partial charge in [-0.2, -0.15) is 0 Å². The van der Waals surface area contributed by atoms with E-state index in [1.54, 1.807) is 24.3 Å². The largest absolute Gasteiger partial charge is 0.494 e. The minimum atomic E-state index is -0.304. The van der Waals surface area contributed by atoms with Crippen LogP contribution in [0.2, 0.25) is 0 Å². The zero-order valence-corrected chi connectivity index (χ0v) is 19.3. The molecule has 3 rings (SSSR count). The molecule has 0 spiro atoms. The maximum atomic E-state index is 13.5. The molecule has 7 heteroatoms. The molecule has 7 nitrogen and oxygen atoms in total. The Morgan fingerprint density at radius 2 is 1.31 bits per heavy atom. The maximum Gasteiger partial charge on any atom is 0.239 e. The van der Waals surface area contributed by atoms with Crippen molar-refractivity contribution in [1.29, 1.82) is 0 Å². The van der Waals surface area contributed by atoms with Crippen LogP contribution < -0.4 is 29.1 Å².